The lowest BCUT2D eigenvalue weighted by Crippen LogP contribution is -2.50. The van der Waals surface area contributed by atoms with E-state index in [1.807, 2.05) is 6.92 Å². The van der Waals surface area contributed by atoms with Gasteiger partial charge in [-0.05, 0) is 38.1 Å². The molecule has 0 amide bonds. The maximum atomic E-state index is 12.3. The van der Waals surface area contributed by atoms with Crippen molar-refractivity contribution in [3.05, 3.63) is 0 Å². The van der Waals surface area contributed by atoms with Gasteiger partial charge in [-0.25, -0.2) is 4.72 Å². The van der Waals surface area contributed by atoms with Crippen LogP contribution >= 0.6 is 0 Å². The summed E-state index contributed by atoms with van der Waals surface area (Å²) in [5.41, 5.74) is 0.0616. The highest BCUT2D eigenvalue weighted by Gasteiger charge is 2.33. The lowest BCUT2D eigenvalue weighted by atomic mass is 9.90. The predicted molar refractivity (Wildman–Crippen MR) is 72.5 cm³/mol. The Morgan fingerprint density at radius 2 is 2.22 bits per heavy atom. The van der Waals surface area contributed by atoms with E-state index in [-0.39, 0.29) is 11.5 Å². The van der Waals surface area contributed by atoms with Gasteiger partial charge in [0.05, 0.1) is 0 Å². The lowest BCUT2D eigenvalue weighted by Gasteiger charge is -2.33. The topological polar surface area (TPSA) is 61.4 Å². The molecule has 6 heteroatoms. The molecular formula is C12H25N3O2S. The van der Waals surface area contributed by atoms with Crippen molar-refractivity contribution in [1.29, 1.82) is 0 Å². The van der Waals surface area contributed by atoms with Crippen LogP contribution in [0.15, 0.2) is 0 Å². The fourth-order valence-corrected chi connectivity index (χ4v) is 4.44. The summed E-state index contributed by atoms with van der Waals surface area (Å²) in [4.78, 5) is 0. The molecule has 0 aromatic carbocycles. The Morgan fingerprint density at radius 3 is 2.83 bits per heavy atom. The van der Waals surface area contributed by atoms with E-state index in [9.17, 15) is 8.42 Å². The highest BCUT2D eigenvalue weighted by molar-refractivity contribution is 7.87. The summed E-state index contributed by atoms with van der Waals surface area (Å²) < 4.78 is 29.0. The molecule has 18 heavy (non-hydrogen) atoms. The Balaban J connectivity index is 1.94. The molecule has 5 nitrogen and oxygen atoms in total. The van der Waals surface area contributed by atoms with Crippen LogP contribution in [0.2, 0.25) is 0 Å². The van der Waals surface area contributed by atoms with Crippen LogP contribution in [-0.4, -0.2) is 44.9 Å². The number of rotatable bonds is 4. The molecule has 2 unspecified atom stereocenters. The lowest BCUT2D eigenvalue weighted by molar-refractivity contribution is 0.261. The summed E-state index contributed by atoms with van der Waals surface area (Å²) in [6, 6.07) is 0.130. The van der Waals surface area contributed by atoms with Crippen molar-refractivity contribution < 1.29 is 8.42 Å². The number of hydrogen-bond donors (Lipinski definition) is 2. The van der Waals surface area contributed by atoms with Crippen molar-refractivity contribution in [3.8, 4) is 0 Å². The van der Waals surface area contributed by atoms with Gasteiger partial charge < -0.3 is 5.32 Å². The van der Waals surface area contributed by atoms with E-state index in [0.29, 0.717) is 13.1 Å². The second-order valence-corrected chi connectivity index (χ2v) is 7.73. The minimum atomic E-state index is -3.30. The Labute approximate surface area is 110 Å². The molecule has 0 bridgehead atoms. The Hall–Kier alpha value is -0.170. The Morgan fingerprint density at radius 1 is 1.44 bits per heavy atom. The average molecular weight is 275 g/mol. The molecule has 2 aliphatic heterocycles. The summed E-state index contributed by atoms with van der Waals surface area (Å²) >= 11 is 0. The van der Waals surface area contributed by atoms with Gasteiger partial charge >= 0.3 is 0 Å². The van der Waals surface area contributed by atoms with Crippen LogP contribution in [0.3, 0.4) is 0 Å². The molecule has 0 aliphatic carbocycles. The SMILES string of the molecule is CC1CCCCN1S(=O)(=O)NCC1(C)CCNC1. The maximum absolute atomic E-state index is 12.3. The molecule has 0 radical (unpaired) electrons. The largest absolute Gasteiger partial charge is 0.316 e. The molecule has 2 aliphatic rings. The minimum absolute atomic E-state index is 0.0616. The van der Waals surface area contributed by atoms with Gasteiger partial charge in [-0.1, -0.05) is 13.3 Å². The molecule has 0 spiro atoms. The summed E-state index contributed by atoms with van der Waals surface area (Å²) in [6.07, 6.45) is 4.11. The molecule has 2 saturated heterocycles. The first kappa shape index (κ1) is 14.2. The molecule has 0 saturated carbocycles. The van der Waals surface area contributed by atoms with Crippen LogP contribution in [-0.2, 0) is 10.2 Å². The van der Waals surface area contributed by atoms with Crippen molar-refractivity contribution in [1.82, 2.24) is 14.3 Å². The van der Waals surface area contributed by atoms with Gasteiger partial charge in [0.1, 0.15) is 0 Å². The number of piperidine rings is 1. The van der Waals surface area contributed by atoms with Gasteiger partial charge in [0.25, 0.3) is 10.2 Å². The van der Waals surface area contributed by atoms with Gasteiger partial charge in [0, 0.05) is 25.7 Å². The quantitative estimate of drug-likeness (QED) is 0.794. The predicted octanol–water partition coefficient (Wildman–Crippen LogP) is 0.695. The van der Waals surface area contributed by atoms with E-state index in [0.717, 1.165) is 38.8 Å². The minimum Gasteiger partial charge on any atom is -0.316 e. The molecule has 0 aromatic rings. The Bertz CT molecular complexity index is 377. The van der Waals surface area contributed by atoms with Crippen molar-refractivity contribution in [2.45, 2.75) is 45.6 Å². The number of hydrogen-bond acceptors (Lipinski definition) is 3. The fraction of sp³-hybridized carbons (Fsp3) is 1.00. The molecule has 2 atom stereocenters. The third kappa shape index (κ3) is 3.23. The molecule has 2 rings (SSSR count). The van der Waals surface area contributed by atoms with Gasteiger partial charge in [0.2, 0.25) is 0 Å². The summed E-state index contributed by atoms with van der Waals surface area (Å²) in [5, 5.41) is 3.29. The maximum Gasteiger partial charge on any atom is 0.279 e. The molecule has 2 heterocycles. The van der Waals surface area contributed by atoms with E-state index < -0.39 is 10.2 Å². The van der Waals surface area contributed by atoms with Gasteiger partial charge in [-0.2, -0.15) is 12.7 Å². The molecular weight excluding hydrogens is 250 g/mol. The van der Waals surface area contributed by atoms with Crippen LogP contribution in [0, 0.1) is 5.41 Å². The molecule has 0 aromatic heterocycles. The van der Waals surface area contributed by atoms with E-state index in [1.165, 1.54) is 0 Å². The third-order valence-electron chi connectivity index (χ3n) is 4.19. The number of nitrogens with zero attached hydrogens (tertiary/aromatic N) is 1. The van der Waals surface area contributed by atoms with E-state index in [2.05, 4.69) is 17.0 Å². The molecule has 2 fully saturated rings. The van der Waals surface area contributed by atoms with Gasteiger partial charge in [-0.15, -0.1) is 0 Å². The first-order valence-electron chi connectivity index (χ1n) is 6.90. The molecule has 2 N–H and O–H groups in total. The average Bonchev–Trinajstić information content (AvgIpc) is 2.75. The normalized spacial score (nSPS) is 34.9. The van der Waals surface area contributed by atoms with E-state index >= 15 is 0 Å². The Kier molecular flexibility index (Phi) is 4.31. The number of nitrogens with one attached hydrogen (secondary N) is 2. The smallest absolute Gasteiger partial charge is 0.279 e. The summed E-state index contributed by atoms with van der Waals surface area (Å²) in [7, 11) is -3.30. The van der Waals surface area contributed by atoms with Crippen LogP contribution < -0.4 is 10.0 Å². The highest BCUT2D eigenvalue weighted by Crippen LogP contribution is 2.24. The zero-order valence-electron chi connectivity index (χ0n) is 11.4. The first-order valence-corrected chi connectivity index (χ1v) is 8.34. The van der Waals surface area contributed by atoms with Gasteiger partial charge in [0.15, 0.2) is 0 Å². The summed E-state index contributed by atoms with van der Waals surface area (Å²) in [6.45, 7) is 7.20. The second-order valence-electron chi connectivity index (χ2n) is 6.02. The van der Waals surface area contributed by atoms with E-state index in [1.54, 1.807) is 4.31 Å². The zero-order valence-corrected chi connectivity index (χ0v) is 12.2. The van der Waals surface area contributed by atoms with Crippen molar-refractivity contribution in [2.24, 2.45) is 5.41 Å². The van der Waals surface area contributed by atoms with Crippen LogP contribution in [0.4, 0.5) is 0 Å². The van der Waals surface area contributed by atoms with Crippen LogP contribution in [0.25, 0.3) is 0 Å². The van der Waals surface area contributed by atoms with Crippen LogP contribution in [0.5, 0.6) is 0 Å². The molecule has 106 valence electrons. The van der Waals surface area contributed by atoms with Crippen LogP contribution in [0.1, 0.15) is 39.5 Å². The highest BCUT2D eigenvalue weighted by atomic mass is 32.2. The van der Waals surface area contributed by atoms with Crippen molar-refractivity contribution >= 4 is 10.2 Å². The zero-order chi connectivity index (χ0) is 13.2. The van der Waals surface area contributed by atoms with E-state index in [4.69, 9.17) is 0 Å². The standard InChI is InChI=1S/C12H25N3O2S/c1-11-5-3-4-8-15(11)18(16,17)14-10-12(2)6-7-13-9-12/h11,13-14H,3-10H2,1-2H3. The van der Waals surface area contributed by atoms with Gasteiger partial charge in [-0.3, -0.25) is 0 Å². The second kappa shape index (κ2) is 5.45. The van der Waals surface area contributed by atoms with Crippen molar-refractivity contribution in [3.63, 3.8) is 0 Å². The monoisotopic (exact) mass is 275 g/mol. The fourth-order valence-electron chi connectivity index (χ4n) is 2.80. The summed E-state index contributed by atoms with van der Waals surface area (Å²) in [5.74, 6) is 0. The van der Waals surface area contributed by atoms with Crippen molar-refractivity contribution in [2.75, 3.05) is 26.2 Å². The first-order chi connectivity index (χ1) is 8.43. The third-order valence-corrected chi connectivity index (χ3v) is 5.86.